The van der Waals surface area contributed by atoms with Crippen LogP contribution in [0.5, 0.6) is 11.5 Å². The molecule has 10 heteroatoms. The van der Waals surface area contributed by atoms with Crippen molar-refractivity contribution in [3.63, 3.8) is 0 Å². The second-order valence-electron chi connectivity index (χ2n) is 7.61. The molecule has 1 fully saturated rings. The molecule has 0 bridgehead atoms. The van der Waals surface area contributed by atoms with Crippen molar-refractivity contribution in [2.45, 2.75) is 13.5 Å². The number of imide groups is 2. The minimum absolute atomic E-state index is 0.165. The standard InChI is InChI=1S/C26H19BrClFN2O5/c1-2-35-22-13-16(12-21(27)23(22)36-14-15-3-7-18(29)8-4-15)11-20-24(32)30-26(34)31(25(20)33)19-9-5-17(28)6-10-19/h3-13H,2,14H2,1H3,(H,30,32,34)/b20-11+. The summed E-state index contributed by atoms with van der Waals surface area (Å²) in [6, 6.07) is 14.4. The molecule has 0 unspecified atom stereocenters. The smallest absolute Gasteiger partial charge is 0.335 e. The highest BCUT2D eigenvalue weighted by Gasteiger charge is 2.36. The monoisotopic (exact) mass is 572 g/mol. The third kappa shape index (κ3) is 5.58. The second-order valence-corrected chi connectivity index (χ2v) is 8.90. The number of nitrogens with one attached hydrogen (secondary N) is 1. The van der Waals surface area contributed by atoms with Crippen LogP contribution < -0.4 is 19.7 Å². The van der Waals surface area contributed by atoms with Gasteiger partial charge in [-0.1, -0.05) is 23.7 Å². The molecular weight excluding hydrogens is 555 g/mol. The first-order valence-corrected chi connectivity index (χ1v) is 11.9. The van der Waals surface area contributed by atoms with E-state index in [0.29, 0.717) is 33.2 Å². The molecule has 0 aliphatic carbocycles. The minimum Gasteiger partial charge on any atom is -0.490 e. The number of amides is 4. The summed E-state index contributed by atoms with van der Waals surface area (Å²) in [5.74, 6) is -1.17. The number of barbiturate groups is 1. The number of rotatable bonds is 7. The highest BCUT2D eigenvalue weighted by atomic mass is 79.9. The molecule has 1 N–H and O–H groups in total. The second kappa shape index (κ2) is 10.9. The fraction of sp³-hybridized carbons (Fsp3) is 0.115. The van der Waals surface area contributed by atoms with Gasteiger partial charge in [0, 0.05) is 5.02 Å². The number of hydrogen-bond donors (Lipinski definition) is 1. The Morgan fingerprint density at radius 2 is 1.72 bits per heavy atom. The van der Waals surface area contributed by atoms with Crippen molar-refractivity contribution >= 4 is 57.1 Å². The average Bonchev–Trinajstić information content (AvgIpc) is 2.83. The molecule has 1 aliphatic heterocycles. The molecule has 3 aromatic carbocycles. The molecule has 4 rings (SSSR count). The summed E-state index contributed by atoms with van der Waals surface area (Å²) in [5, 5.41) is 2.62. The first-order valence-electron chi connectivity index (χ1n) is 10.8. The SMILES string of the molecule is CCOc1cc(/C=C2\C(=O)NC(=O)N(c3ccc(Cl)cc3)C2=O)cc(Br)c1OCc1ccc(F)cc1. The first-order chi connectivity index (χ1) is 17.3. The van der Waals surface area contributed by atoms with Gasteiger partial charge in [0.25, 0.3) is 11.8 Å². The van der Waals surface area contributed by atoms with Gasteiger partial charge in [-0.25, -0.2) is 14.1 Å². The van der Waals surface area contributed by atoms with E-state index in [1.54, 1.807) is 31.2 Å². The highest BCUT2D eigenvalue weighted by Crippen LogP contribution is 2.38. The van der Waals surface area contributed by atoms with Gasteiger partial charge in [0.05, 0.1) is 16.8 Å². The van der Waals surface area contributed by atoms with E-state index >= 15 is 0 Å². The Bertz CT molecular complexity index is 1360. The Morgan fingerprint density at radius 1 is 1.03 bits per heavy atom. The van der Waals surface area contributed by atoms with Gasteiger partial charge in [-0.15, -0.1) is 0 Å². The van der Waals surface area contributed by atoms with E-state index in [1.165, 1.54) is 42.5 Å². The number of nitrogens with zero attached hydrogens (tertiary/aromatic N) is 1. The summed E-state index contributed by atoms with van der Waals surface area (Å²) in [6.45, 7) is 2.30. The zero-order chi connectivity index (χ0) is 25.8. The highest BCUT2D eigenvalue weighted by molar-refractivity contribution is 9.10. The summed E-state index contributed by atoms with van der Waals surface area (Å²) in [5.41, 5.74) is 1.25. The maximum Gasteiger partial charge on any atom is 0.335 e. The van der Waals surface area contributed by atoms with Crippen molar-refractivity contribution in [1.29, 1.82) is 0 Å². The fourth-order valence-electron chi connectivity index (χ4n) is 3.46. The summed E-state index contributed by atoms with van der Waals surface area (Å²) in [7, 11) is 0. The largest absolute Gasteiger partial charge is 0.490 e. The number of anilines is 1. The maximum atomic E-state index is 13.2. The van der Waals surface area contributed by atoms with Crippen LogP contribution in [0, 0.1) is 5.82 Å². The molecule has 0 saturated carbocycles. The van der Waals surface area contributed by atoms with Gasteiger partial charge in [-0.2, -0.15) is 0 Å². The van der Waals surface area contributed by atoms with Gasteiger partial charge in [0.1, 0.15) is 18.0 Å². The number of carbonyl (C=O) groups is 3. The van der Waals surface area contributed by atoms with Crippen molar-refractivity contribution < 1.29 is 28.2 Å². The average molecular weight is 574 g/mol. The maximum absolute atomic E-state index is 13.2. The molecule has 4 amide bonds. The Kier molecular flexibility index (Phi) is 7.71. The van der Waals surface area contributed by atoms with Crippen LogP contribution in [-0.2, 0) is 16.2 Å². The van der Waals surface area contributed by atoms with Gasteiger partial charge < -0.3 is 9.47 Å². The zero-order valence-corrected chi connectivity index (χ0v) is 21.2. The normalized spacial score (nSPS) is 14.7. The molecule has 0 radical (unpaired) electrons. The Morgan fingerprint density at radius 3 is 2.39 bits per heavy atom. The van der Waals surface area contributed by atoms with Crippen LogP contribution in [0.1, 0.15) is 18.1 Å². The number of halogens is 3. The lowest BCUT2D eigenvalue weighted by molar-refractivity contribution is -0.122. The lowest BCUT2D eigenvalue weighted by atomic mass is 10.1. The Balaban J connectivity index is 1.65. The summed E-state index contributed by atoms with van der Waals surface area (Å²) < 4.78 is 25.3. The molecule has 7 nitrogen and oxygen atoms in total. The molecule has 1 heterocycles. The van der Waals surface area contributed by atoms with Gasteiger partial charge >= 0.3 is 6.03 Å². The third-order valence-electron chi connectivity index (χ3n) is 5.13. The van der Waals surface area contributed by atoms with Gasteiger partial charge in [0.15, 0.2) is 11.5 Å². The quantitative estimate of drug-likeness (QED) is 0.282. The van der Waals surface area contributed by atoms with Crippen molar-refractivity contribution in [2.24, 2.45) is 0 Å². The van der Waals surface area contributed by atoms with Crippen LogP contribution in [0.3, 0.4) is 0 Å². The van der Waals surface area contributed by atoms with Crippen LogP contribution in [0.15, 0.2) is 70.7 Å². The number of carbonyl (C=O) groups excluding carboxylic acids is 3. The summed E-state index contributed by atoms with van der Waals surface area (Å²) in [4.78, 5) is 38.9. The van der Waals surface area contributed by atoms with E-state index in [1.807, 2.05) is 0 Å². The molecule has 184 valence electrons. The van der Waals surface area contributed by atoms with Crippen LogP contribution in [0.4, 0.5) is 14.9 Å². The topological polar surface area (TPSA) is 84.9 Å². The molecule has 36 heavy (non-hydrogen) atoms. The number of benzene rings is 3. The van der Waals surface area contributed by atoms with Crippen molar-refractivity contribution in [1.82, 2.24) is 5.32 Å². The van der Waals surface area contributed by atoms with E-state index in [4.69, 9.17) is 21.1 Å². The Hall–Kier alpha value is -3.69. The predicted molar refractivity (Wildman–Crippen MR) is 136 cm³/mol. The molecule has 0 spiro atoms. The molecule has 0 atom stereocenters. The third-order valence-corrected chi connectivity index (χ3v) is 5.97. The fourth-order valence-corrected chi connectivity index (χ4v) is 4.16. The van der Waals surface area contributed by atoms with Crippen molar-refractivity contribution in [3.05, 3.63) is 92.7 Å². The van der Waals surface area contributed by atoms with Crippen LogP contribution in [0.25, 0.3) is 6.08 Å². The summed E-state index contributed by atoms with van der Waals surface area (Å²) >= 11 is 9.36. The molecule has 0 aromatic heterocycles. The van der Waals surface area contributed by atoms with Gasteiger partial charge in [-0.05, 0) is 88.6 Å². The molecule has 1 saturated heterocycles. The van der Waals surface area contributed by atoms with E-state index in [-0.39, 0.29) is 23.7 Å². The van der Waals surface area contributed by atoms with Crippen LogP contribution in [0.2, 0.25) is 5.02 Å². The number of urea groups is 1. The lowest BCUT2D eigenvalue weighted by Gasteiger charge is -2.26. The predicted octanol–water partition coefficient (Wildman–Crippen LogP) is 5.89. The molecule has 3 aromatic rings. The van der Waals surface area contributed by atoms with Crippen molar-refractivity contribution in [2.75, 3.05) is 11.5 Å². The first kappa shape index (κ1) is 25.4. The number of ether oxygens (including phenoxy) is 2. The van der Waals surface area contributed by atoms with Crippen LogP contribution >= 0.6 is 27.5 Å². The lowest BCUT2D eigenvalue weighted by Crippen LogP contribution is -2.54. The molecule has 1 aliphatic rings. The van der Waals surface area contributed by atoms with Gasteiger partial charge in [-0.3, -0.25) is 14.9 Å². The van der Waals surface area contributed by atoms with Crippen molar-refractivity contribution in [3.8, 4) is 11.5 Å². The van der Waals surface area contributed by atoms with Crippen LogP contribution in [-0.4, -0.2) is 24.5 Å². The minimum atomic E-state index is -0.856. The van der Waals surface area contributed by atoms with E-state index < -0.39 is 17.8 Å². The Labute approximate surface area is 219 Å². The van der Waals surface area contributed by atoms with E-state index in [2.05, 4.69) is 21.2 Å². The summed E-state index contributed by atoms with van der Waals surface area (Å²) in [6.07, 6.45) is 1.37. The van der Waals surface area contributed by atoms with E-state index in [9.17, 15) is 18.8 Å². The van der Waals surface area contributed by atoms with Gasteiger partial charge in [0.2, 0.25) is 0 Å². The number of hydrogen-bond acceptors (Lipinski definition) is 5. The van der Waals surface area contributed by atoms with E-state index in [0.717, 1.165) is 10.5 Å². The molecular formula is C26H19BrClFN2O5. The zero-order valence-electron chi connectivity index (χ0n) is 18.9.